The molecule has 0 aliphatic rings. The van der Waals surface area contributed by atoms with Gasteiger partial charge in [-0.05, 0) is 29.8 Å². The lowest BCUT2D eigenvalue weighted by atomic mass is 10.2. The highest BCUT2D eigenvalue weighted by molar-refractivity contribution is 6.18. The first-order valence-electron chi connectivity index (χ1n) is 6.78. The summed E-state index contributed by atoms with van der Waals surface area (Å²) in [6.45, 7) is 0.773. The van der Waals surface area contributed by atoms with Crippen molar-refractivity contribution in [1.29, 1.82) is 0 Å². The molecule has 21 heavy (non-hydrogen) atoms. The molecule has 0 saturated carbocycles. The fourth-order valence-corrected chi connectivity index (χ4v) is 1.78. The van der Waals surface area contributed by atoms with Crippen LogP contribution in [0.4, 0.5) is 0 Å². The lowest BCUT2D eigenvalue weighted by Crippen LogP contribution is -2.02. The monoisotopic (exact) mass is 300 g/mol. The lowest BCUT2D eigenvalue weighted by Gasteiger charge is -2.07. The van der Waals surface area contributed by atoms with Gasteiger partial charge in [-0.2, -0.15) is 0 Å². The molecule has 0 aromatic heterocycles. The van der Waals surface area contributed by atoms with E-state index in [0.717, 1.165) is 16.9 Å². The second kappa shape index (κ2) is 9.07. The van der Waals surface area contributed by atoms with E-state index in [2.05, 4.69) is 11.8 Å². The van der Waals surface area contributed by atoms with Gasteiger partial charge in [-0.25, -0.2) is 0 Å². The molecule has 0 aliphatic carbocycles. The Morgan fingerprint density at radius 3 is 2.43 bits per heavy atom. The maximum atomic E-state index is 5.57. The number of benzene rings is 2. The van der Waals surface area contributed by atoms with Crippen LogP contribution in [0.3, 0.4) is 0 Å². The van der Waals surface area contributed by atoms with E-state index in [-0.39, 0.29) is 6.79 Å². The smallest absolute Gasteiger partial charge is 0.189 e. The topological polar surface area (TPSA) is 18.5 Å². The Morgan fingerprint density at radius 2 is 1.71 bits per heavy atom. The lowest BCUT2D eigenvalue weighted by molar-refractivity contribution is 0.00504. The van der Waals surface area contributed by atoms with E-state index in [1.54, 1.807) is 0 Å². The van der Waals surface area contributed by atoms with Gasteiger partial charge in [0.25, 0.3) is 0 Å². The molecule has 2 aromatic carbocycles. The van der Waals surface area contributed by atoms with Gasteiger partial charge in [0.1, 0.15) is 5.75 Å². The van der Waals surface area contributed by atoms with Crippen LogP contribution in [0.15, 0.2) is 54.6 Å². The van der Waals surface area contributed by atoms with Crippen LogP contribution in [0.2, 0.25) is 0 Å². The van der Waals surface area contributed by atoms with Gasteiger partial charge in [0.2, 0.25) is 0 Å². The molecule has 0 N–H and O–H groups in total. The van der Waals surface area contributed by atoms with Gasteiger partial charge in [-0.3, -0.25) is 0 Å². The molecule has 0 bridgehead atoms. The van der Waals surface area contributed by atoms with Crippen LogP contribution in [-0.4, -0.2) is 12.7 Å². The van der Waals surface area contributed by atoms with Gasteiger partial charge in [-0.15, -0.1) is 11.6 Å². The maximum Gasteiger partial charge on any atom is 0.189 e. The molecule has 0 spiro atoms. The Balaban J connectivity index is 1.73. The van der Waals surface area contributed by atoms with Crippen LogP contribution < -0.4 is 4.74 Å². The zero-order chi connectivity index (χ0) is 14.8. The van der Waals surface area contributed by atoms with E-state index in [9.17, 15) is 0 Å². The average Bonchev–Trinajstić information content (AvgIpc) is 2.54. The van der Waals surface area contributed by atoms with E-state index in [1.807, 2.05) is 54.6 Å². The molecule has 2 nitrogen and oxygen atoms in total. The first-order valence-corrected chi connectivity index (χ1v) is 7.31. The van der Waals surface area contributed by atoms with Gasteiger partial charge < -0.3 is 9.47 Å². The van der Waals surface area contributed by atoms with Gasteiger partial charge in [0.05, 0.1) is 6.61 Å². The van der Waals surface area contributed by atoms with Crippen molar-refractivity contribution in [3.8, 4) is 17.6 Å². The van der Waals surface area contributed by atoms with Crippen LogP contribution in [0.5, 0.6) is 5.75 Å². The highest BCUT2D eigenvalue weighted by Crippen LogP contribution is 2.12. The van der Waals surface area contributed by atoms with Crippen LogP contribution in [-0.2, 0) is 11.3 Å². The second-order valence-corrected chi connectivity index (χ2v) is 4.74. The summed E-state index contributed by atoms with van der Waals surface area (Å²) >= 11 is 5.57. The average molecular weight is 301 g/mol. The summed E-state index contributed by atoms with van der Waals surface area (Å²) in [6.07, 6.45) is 0.702. The van der Waals surface area contributed by atoms with E-state index >= 15 is 0 Å². The first-order chi connectivity index (χ1) is 10.4. The predicted octanol–water partition coefficient (Wildman–Crippen LogP) is 4.22. The third-order valence-corrected chi connectivity index (χ3v) is 2.92. The largest absolute Gasteiger partial charge is 0.468 e. The minimum absolute atomic E-state index is 0.228. The molecule has 0 amide bonds. The Labute approximate surface area is 130 Å². The molecule has 0 fully saturated rings. The molecule has 2 rings (SSSR count). The third-order valence-electron chi connectivity index (χ3n) is 2.73. The normalized spacial score (nSPS) is 9.76. The fourth-order valence-electron chi connectivity index (χ4n) is 1.69. The molecule has 0 heterocycles. The summed E-state index contributed by atoms with van der Waals surface area (Å²) in [6, 6.07) is 17.6. The van der Waals surface area contributed by atoms with Crippen molar-refractivity contribution < 1.29 is 9.47 Å². The van der Waals surface area contributed by atoms with Gasteiger partial charge in [0.15, 0.2) is 6.79 Å². The molecular weight excluding hydrogens is 284 g/mol. The number of ether oxygens (including phenoxy) is 2. The number of rotatable bonds is 6. The fraction of sp³-hybridized carbons (Fsp3) is 0.222. The van der Waals surface area contributed by atoms with Crippen molar-refractivity contribution in [1.82, 2.24) is 0 Å². The standard InChI is InChI=1S/C18H17ClO2/c19-13-5-4-6-16-9-11-18(12-10-16)21-15-20-14-17-7-2-1-3-8-17/h1-3,7-12H,5,13-15H2. The Bertz CT molecular complexity index is 582. The van der Waals surface area contributed by atoms with Gasteiger partial charge in [-0.1, -0.05) is 42.2 Å². The summed E-state index contributed by atoms with van der Waals surface area (Å²) in [5, 5.41) is 0. The highest BCUT2D eigenvalue weighted by atomic mass is 35.5. The quantitative estimate of drug-likeness (QED) is 0.344. The molecule has 0 saturated heterocycles. The summed E-state index contributed by atoms with van der Waals surface area (Å²) in [5.41, 5.74) is 2.09. The first kappa shape index (κ1) is 15.4. The molecule has 0 atom stereocenters. The molecule has 3 heteroatoms. The Hall–Kier alpha value is -1.95. The van der Waals surface area contributed by atoms with E-state index in [4.69, 9.17) is 21.1 Å². The molecule has 0 unspecified atom stereocenters. The maximum absolute atomic E-state index is 5.57. The molecule has 108 valence electrons. The van der Waals surface area contributed by atoms with Crippen molar-refractivity contribution in [2.45, 2.75) is 13.0 Å². The van der Waals surface area contributed by atoms with Crippen molar-refractivity contribution in [2.75, 3.05) is 12.7 Å². The van der Waals surface area contributed by atoms with E-state index in [0.29, 0.717) is 18.9 Å². The SMILES string of the molecule is ClCCC#Cc1ccc(OCOCc2ccccc2)cc1. The zero-order valence-electron chi connectivity index (χ0n) is 11.7. The predicted molar refractivity (Wildman–Crippen MR) is 85.4 cm³/mol. The summed E-state index contributed by atoms with van der Waals surface area (Å²) < 4.78 is 11.0. The molecular formula is C18H17ClO2. The van der Waals surface area contributed by atoms with Crippen molar-refractivity contribution >= 4 is 11.6 Å². The zero-order valence-corrected chi connectivity index (χ0v) is 12.5. The highest BCUT2D eigenvalue weighted by Gasteiger charge is 1.95. The number of halogens is 1. The minimum atomic E-state index is 0.228. The van der Waals surface area contributed by atoms with Crippen LogP contribution in [0.1, 0.15) is 17.5 Å². The second-order valence-electron chi connectivity index (χ2n) is 4.36. The van der Waals surface area contributed by atoms with Crippen LogP contribution in [0, 0.1) is 11.8 Å². The Morgan fingerprint density at radius 1 is 0.952 bits per heavy atom. The molecule has 0 radical (unpaired) electrons. The third kappa shape index (κ3) is 5.91. The van der Waals surface area contributed by atoms with E-state index < -0.39 is 0 Å². The van der Waals surface area contributed by atoms with Crippen LogP contribution in [0.25, 0.3) is 0 Å². The number of hydrogen-bond donors (Lipinski definition) is 0. The summed E-state index contributed by atoms with van der Waals surface area (Å²) in [4.78, 5) is 0. The Kier molecular flexibility index (Phi) is 6.67. The minimum Gasteiger partial charge on any atom is -0.468 e. The molecule has 2 aromatic rings. The van der Waals surface area contributed by atoms with Crippen LogP contribution >= 0.6 is 11.6 Å². The summed E-state index contributed by atoms with van der Waals surface area (Å²) in [7, 11) is 0. The van der Waals surface area contributed by atoms with E-state index in [1.165, 1.54) is 0 Å². The summed E-state index contributed by atoms with van der Waals surface area (Å²) in [5.74, 6) is 7.37. The van der Waals surface area contributed by atoms with Crippen molar-refractivity contribution in [2.24, 2.45) is 0 Å². The van der Waals surface area contributed by atoms with Gasteiger partial charge >= 0.3 is 0 Å². The number of alkyl halides is 1. The van der Waals surface area contributed by atoms with Crippen molar-refractivity contribution in [3.63, 3.8) is 0 Å². The molecule has 0 aliphatic heterocycles. The number of hydrogen-bond acceptors (Lipinski definition) is 2. The van der Waals surface area contributed by atoms with Crippen molar-refractivity contribution in [3.05, 3.63) is 65.7 Å². The van der Waals surface area contributed by atoms with Gasteiger partial charge in [0, 0.05) is 17.9 Å².